The summed E-state index contributed by atoms with van der Waals surface area (Å²) in [6.07, 6.45) is -4.53. The molecule has 1 aromatic heterocycles. The first-order chi connectivity index (χ1) is 6.38. The molecule has 1 N–H and O–H groups in total. The molecule has 0 radical (unpaired) electrons. The molecular formula is C7H2F4N2O. The van der Waals surface area contributed by atoms with Crippen molar-refractivity contribution >= 4 is 0 Å². The molecular weight excluding hydrogens is 204 g/mol. The van der Waals surface area contributed by atoms with Gasteiger partial charge in [0, 0.05) is 6.20 Å². The van der Waals surface area contributed by atoms with E-state index in [9.17, 15) is 22.4 Å². The van der Waals surface area contributed by atoms with Crippen LogP contribution in [0.1, 0.15) is 11.1 Å². The van der Waals surface area contributed by atoms with Crippen LogP contribution in [-0.4, -0.2) is 4.98 Å². The molecule has 0 spiro atoms. The number of rotatable bonds is 0. The van der Waals surface area contributed by atoms with Crippen molar-refractivity contribution in [3.05, 3.63) is 33.5 Å². The van der Waals surface area contributed by atoms with Gasteiger partial charge in [0.2, 0.25) is 5.82 Å². The Hall–Kier alpha value is -1.84. The molecule has 0 unspecified atom stereocenters. The van der Waals surface area contributed by atoms with E-state index >= 15 is 0 Å². The summed E-state index contributed by atoms with van der Waals surface area (Å²) in [6, 6.07) is 1.14. The zero-order valence-corrected chi connectivity index (χ0v) is 6.44. The van der Waals surface area contributed by atoms with E-state index in [1.807, 2.05) is 0 Å². The number of aromatic amines is 1. The summed E-state index contributed by atoms with van der Waals surface area (Å²) in [6.45, 7) is 0. The van der Waals surface area contributed by atoms with E-state index < -0.39 is 28.7 Å². The monoisotopic (exact) mass is 206 g/mol. The van der Waals surface area contributed by atoms with E-state index in [0.717, 1.165) is 6.07 Å². The molecule has 0 fully saturated rings. The largest absolute Gasteiger partial charge is 0.420 e. The van der Waals surface area contributed by atoms with Crippen molar-refractivity contribution in [1.82, 2.24) is 4.98 Å². The predicted octanol–water partition coefficient (Wildman–Crippen LogP) is 1.40. The zero-order chi connectivity index (χ0) is 10.9. The number of nitrogens with one attached hydrogen (secondary N) is 1. The van der Waals surface area contributed by atoms with E-state index in [1.165, 1.54) is 0 Å². The van der Waals surface area contributed by atoms with Crippen LogP contribution in [0.15, 0.2) is 11.0 Å². The van der Waals surface area contributed by atoms with Crippen LogP contribution in [0.25, 0.3) is 0 Å². The molecule has 0 saturated carbocycles. The van der Waals surface area contributed by atoms with Crippen LogP contribution in [-0.2, 0) is 6.18 Å². The van der Waals surface area contributed by atoms with Crippen LogP contribution in [0.5, 0.6) is 0 Å². The van der Waals surface area contributed by atoms with Gasteiger partial charge in [-0.05, 0) is 0 Å². The molecule has 0 aromatic carbocycles. The number of hydrogen-bond acceptors (Lipinski definition) is 2. The van der Waals surface area contributed by atoms with E-state index in [0.29, 0.717) is 6.20 Å². The summed E-state index contributed by atoms with van der Waals surface area (Å²) in [4.78, 5) is 12.2. The Morgan fingerprint density at radius 1 is 1.43 bits per heavy atom. The molecule has 1 rings (SSSR count). The van der Waals surface area contributed by atoms with Gasteiger partial charge in [-0.2, -0.15) is 18.4 Å². The highest BCUT2D eigenvalue weighted by molar-refractivity contribution is 5.37. The molecule has 14 heavy (non-hydrogen) atoms. The van der Waals surface area contributed by atoms with Crippen molar-refractivity contribution in [3.8, 4) is 6.07 Å². The number of nitrogens with zero attached hydrogens (tertiary/aromatic N) is 1. The summed E-state index contributed by atoms with van der Waals surface area (Å²) in [5, 5.41) is 8.26. The quantitative estimate of drug-likeness (QED) is 0.652. The molecule has 0 bridgehead atoms. The third-order valence-corrected chi connectivity index (χ3v) is 1.44. The molecule has 0 aliphatic carbocycles. The summed E-state index contributed by atoms with van der Waals surface area (Å²) in [7, 11) is 0. The van der Waals surface area contributed by atoms with Gasteiger partial charge in [0.15, 0.2) is 0 Å². The van der Waals surface area contributed by atoms with Gasteiger partial charge in [-0.1, -0.05) is 0 Å². The molecule has 1 heterocycles. The second-order valence-corrected chi connectivity index (χ2v) is 2.33. The highest BCUT2D eigenvalue weighted by atomic mass is 19.4. The predicted molar refractivity (Wildman–Crippen MR) is 36.7 cm³/mol. The second-order valence-electron chi connectivity index (χ2n) is 2.33. The van der Waals surface area contributed by atoms with Crippen LogP contribution in [0.2, 0.25) is 0 Å². The lowest BCUT2D eigenvalue weighted by Crippen LogP contribution is -2.21. The van der Waals surface area contributed by atoms with Crippen molar-refractivity contribution < 1.29 is 17.6 Å². The minimum atomic E-state index is -5.05. The second kappa shape index (κ2) is 3.14. The van der Waals surface area contributed by atoms with Gasteiger partial charge in [-0.15, -0.1) is 0 Å². The summed E-state index contributed by atoms with van der Waals surface area (Å²) in [5.41, 5.74) is -4.28. The van der Waals surface area contributed by atoms with Crippen LogP contribution >= 0.6 is 0 Å². The van der Waals surface area contributed by atoms with Crippen molar-refractivity contribution in [1.29, 1.82) is 5.26 Å². The lowest BCUT2D eigenvalue weighted by molar-refractivity contribution is -0.140. The minimum absolute atomic E-state index is 0.522. The van der Waals surface area contributed by atoms with Crippen molar-refractivity contribution in [3.63, 3.8) is 0 Å². The maximum atomic E-state index is 12.7. The Bertz CT molecular complexity index is 454. The zero-order valence-electron chi connectivity index (χ0n) is 6.44. The van der Waals surface area contributed by atoms with E-state index in [2.05, 4.69) is 0 Å². The average molecular weight is 206 g/mol. The summed E-state index contributed by atoms with van der Waals surface area (Å²) < 4.78 is 49.1. The Morgan fingerprint density at radius 2 is 2.00 bits per heavy atom. The van der Waals surface area contributed by atoms with Gasteiger partial charge < -0.3 is 4.98 Å². The smallest absolute Gasteiger partial charge is 0.325 e. The molecule has 0 amide bonds. The highest BCUT2D eigenvalue weighted by Crippen LogP contribution is 2.32. The molecule has 74 valence electrons. The molecule has 0 saturated heterocycles. The number of H-pyrrole nitrogens is 1. The molecule has 0 atom stereocenters. The highest BCUT2D eigenvalue weighted by Gasteiger charge is 2.38. The standard InChI is InChI=1S/C7H2F4N2O/c8-5-4(7(9,10)11)3(1-12)2-13-6(5)14/h2H,(H,13,14). The summed E-state index contributed by atoms with van der Waals surface area (Å²) >= 11 is 0. The van der Waals surface area contributed by atoms with E-state index in [1.54, 1.807) is 4.98 Å². The minimum Gasteiger partial charge on any atom is -0.325 e. The van der Waals surface area contributed by atoms with Crippen molar-refractivity contribution in [2.75, 3.05) is 0 Å². The maximum absolute atomic E-state index is 12.7. The number of nitriles is 1. The first kappa shape index (κ1) is 10.2. The third kappa shape index (κ3) is 1.59. The maximum Gasteiger partial charge on any atom is 0.420 e. The lowest BCUT2D eigenvalue weighted by atomic mass is 10.1. The molecule has 0 aliphatic heterocycles. The Morgan fingerprint density at radius 3 is 2.43 bits per heavy atom. The third-order valence-electron chi connectivity index (χ3n) is 1.44. The summed E-state index contributed by atoms with van der Waals surface area (Å²) in [5.74, 6) is -1.99. The molecule has 0 aliphatic rings. The van der Waals surface area contributed by atoms with Gasteiger partial charge in [-0.25, -0.2) is 4.39 Å². The molecule has 1 aromatic rings. The van der Waals surface area contributed by atoms with Crippen LogP contribution < -0.4 is 5.56 Å². The fourth-order valence-electron chi connectivity index (χ4n) is 0.870. The number of pyridine rings is 1. The number of aromatic nitrogens is 1. The van der Waals surface area contributed by atoms with Gasteiger partial charge in [0.05, 0.1) is 5.56 Å². The number of alkyl halides is 3. The van der Waals surface area contributed by atoms with Crippen LogP contribution in [0.3, 0.4) is 0 Å². The fraction of sp³-hybridized carbons (Fsp3) is 0.143. The molecule has 3 nitrogen and oxygen atoms in total. The van der Waals surface area contributed by atoms with Crippen LogP contribution in [0, 0.1) is 17.1 Å². The lowest BCUT2D eigenvalue weighted by Gasteiger charge is -2.07. The Labute approximate surface area is 74.6 Å². The van der Waals surface area contributed by atoms with E-state index in [-0.39, 0.29) is 0 Å². The Kier molecular flexibility index (Phi) is 2.30. The number of halogens is 4. The normalized spacial score (nSPS) is 11.1. The topological polar surface area (TPSA) is 56.6 Å². The number of hydrogen-bond donors (Lipinski definition) is 1. The fourth-order valence-corrected chi connectivity index (χ4v) is 0.870. The SMILES string of the molecule is N#Cc1c[nH]c(=O)c(F)c1C(F)(F)F. The molecule has 7 heteroatoms. The Balaban J connectivity index is 3.63. The van der Waals surface area contributed by atoms with Crippen molar-refractivity contribution in [2.24, 2.45) is 0 Å². The van der Waals surface area contributed by atoms with Gasteiger partial charge in [0.25, 0.3) is 5.56 Å². The first-order valence-corrected chi connectivity index (χ1v) is 3.26. The van der Waals surface area contributed by atoms with Gasteiger partial charge >= 0.3 is 6.18 Å². The van der Waals surface area contributed by atoms with Gasteiger partial charge in [-0.3, -0.25) is 4.79 Å². The average Bonchev–Trinajstić information content (AvgIpc) is 2.07. The van der Waals surface area contributed by atoms with Crippen LogP contribution in [0.4, 0.5) is 17.6 Å². The van der Waals surface area contributed by atoms with Crippen molar-refractivity contribution in [2.45, 2.75) is 6.18 Å². The first-order valence-electron chi connectivity index (χ1n) is 3.26. The van der Waals surface area contributed by atoms with Gasteiger partial charge in [0.1, 0.15) is 11.6 Å². The van der Waals surface area contributed by atoms with E-state index in [4.69, 9.17) is 5.26 Å².